The predicted octanol–water partition coefficient (Wildman–Crippen LogP) is 2.56. The Hall–Kier alpha value is -2.54. The predicted molar refractivity (Wildman–Crippen MR) is 104 cm³/mol. The minimum Gasteiger partial charge on any atom is -0.416 e. The highest BCUT2D eigenvalue weighted by Crippen LogP contribution is 2.38. The lowest BCUT2D eigenvalue weighted by Crippen LogP contribution is -2.48. The van der Waals surface area contributed by atoms with Gasteiger partial charge in [-0.2, -0.15) is 0 Å². The van der Waals surface area contributed by atoms with Gasteiger partial charge >= 0.3 is 0 Å². The normalized spacial score (nSPS) is 23.5. The third kappa shape index (κ3) is 2.85. The van der Waals surface area contributed by atoms with Gasteiger partial charge in [0.2, 0.25) is 11.8 Å². The summed E-state index contributed by atoms with van der Waals surface area (Å²) in [6.07, 6.45) is 3.40. The lowest BCUT2D eigenvalue weighted by molar-refractivity contribution is 0.180. The van der Waals surface area contributed by atoms with Crippen molar-refractivity contribution in [2.45, 2.75) is 43.7 Å². The fourth-order valence-corrected chi connectivity index (χ4v) is 4.44. The van der Waals surface area contributed by atoms with Crippen molar-refractivity contribution in [2.24, 2.45) is 5.73 Å². The number of benzene rings is 2. The number of hydrogen-bond acceptors (Lipinski definition) is 6. The van der Waals surface area contributed by atoms with Crippen molar-refractivity contribution in [3.05, 3.63) is 58.7 Å². The van der Waals surface area contributed by atoms with Gasteiger partial charge in [-0.3, -0.25) is 0 Å². The molecule has 6 nitrogen and oxygen atoms in total. The summed E-state index contributed by atoms with van der Waals surface area (Å²) in [5.41, 5.74) is 11.9. The molecule has 0 fully saturated rings. The Kier molecular flexibility index (Phi) is 4.08. The van der Waals surface area contributed by atoms with E-state index < -0.39 is 11.6 Å². The van der Waals surface area contributed by atoms with Crippen LogP contribution < -0.4 is 5.73 Å². The molecule has 1 aromatic heterocycles. The van der Waals surface area contributed by atoms with Gasteiger partial charge < -0.3 is 20.4 Å². The first-order chi connectivity index (χ1) is 13.6. The molecule has 1 heterocycles. The Morgan fingerprint density at radius 2 is 1.96 bits per heavy atom. The monoisotopic (exact) mass is 377 g/mol. The third-order valence-electron chi connectivity index (χ3n) is 6.10. The molecule has 3 aromatic rings. The molecular weight excluding hydrogens is 354 g/mol. The van der Waals surface area contributed by atoms with Crippen molar-refractivity contribution in [1.29, 1.82) is 0 Å². The molecule has 2 atom stereocenters. The van der Waals surface area contributed by atoms with Gasteiger partial charge in [-0.25, -0.2) is 0 Å². The quantitative estimate of drug-likeness (QED) is 0.648. The number of aromatic nitrogens is 2. The largest absolute Gasteiger partial charge is 0.416 e. The third-order valence-corrected chi connectivity index (χ3v) is 6.10. The summed E-state index contributed by atoms with van der Waals surface area (Å²) in [6, 6.07) is 12.0. The Morgan fingerprint density at radius 3 is 2.82 bits per heavy atom. The number of hydrogen-bond donors (Lipinski definition) is 3. The number of aryl methyl sites for hydroxylation is 1. The van der Waals surface area contributed by atoms with Gasteiger partial charge in [-0.15, -0.1) is 10.2 Å². The van der Waals surface area contributed by atoms with Gasteiger partial charge in [0, 0.05) is 16.7 Å². The summed E-state index contributed by atoms with van der Waals surface area (Å²) < 4.78 is 6.00. The Morgan fingerprint density at radius 1 is 1.11 bits per heavy atom. The highest BCUT2D eigenvalue weighted by molar-refractivity contribution is 5.64. The number of aliphatic hydroxyl groups excluding tert-OH is 2. The fraction of sp³-hybridized carbons (Fsp3) is 0.364. The van der Waals surface area contributed by atoms with E-state index in [1.807, 2.05) is 30.3 Å². The number of rotatable bonds is 3. The van der Waals surface area contributed by atoms with Gasteiger partial charge in [-0.1, -0.05) is 18.2 Å². The van der Waals surface area contributed by atoms with Crippen LogP contribution in [0.3, 0.4) is 0 Å². The minimum absolute atomic E-state index is 0.0215. The maximum atomic E-state index is 10.1. The summed E-state index contributed by atoms with van der Waals surface area (Å²) in [4.78, 5) is 0. The van der Waals surface area contributed by atoms with Gasteiger partial charge in [0.25, 0.3) is 0 Å². The molecule has 0 amide bonds. The Bertz CT molecular complexity index is 1050. The molecule has 2 aliphatic rings. The summed E-state index contributed by atoms with van der Waals surface area (Å²) in [7, 11) is 0. The van der Waals surface area contributed by atoms with Crippen molar-refractivity contribution in [1.82, 2.24) is 10.2 Å². The van der Waals surface area contributed by atoms with Crippen LogP contribution in [0.2, 0.25) is 0 Å². The van der Waals surface area contributed by atoms with Gasteiger partial charge in [0.05, 0.1) is 12.7 Å². The summed E-state index contributed by atoms with van der Waals surface area (Å²) in [5, 5.41) is 28.2. The lowest BCUT2D eigenvalue weighted by Gasteiger charge is -2.33. The van der Waals surface area contributed by atoms with Crippen LogP contribution in [0, 0.1) is 0 Å². The van der Waals surface area contributed by atoms with Crippen molar-refractivity contribution < 1.29 is 14.6 Å². The maximum Gasteiger partial charge on any atom is 0.248 e. The number of nitrogens with zero attached hydrogens (tertiary/aromatic N) is 2. The molecule has 6 heteroatoms. The molecule has 2 aromatic carbocycles. The van der Waals surface area contributed by atoms with Gasteiger partial charge in [-0.05, 0) is 72.6 Å². The first kappa shape index (κ1) is 17.6. The van der Waals surface area contributed by atoms with Crippen LogP contribution in [0.1, 0.15) is 41.2 Å². The van der Waals surface area contributed by atoms with E-state index in [1.165, 1.54) is 5.56 Å². The van der Waals surface area contributed by atoms with E-state index in [9.17, 15) is 10.2 Å². The molecular formula is C22H23N3O3. The van der Waals surface area contributed by atoms with E-state index in [2.05, 4.69) is 16.3 Å². The van der Waals surface area contributed by atoms with Crippen molar-refractivity contribution in [3.63, 3.8) is 0 Å². The van der Waals surface area contributed by atoms with Crippen LogP contribution in [-0.4, -0.2) is 32.6 Å². The Balaban J connectivity index is 1.49. The summed E-state index contributed by atoms with van der Waals surface area (Å²) in [5.74, 6) is 0.938. The highest BCUT2D eigenvalue weighted by Gasteiger charge is 2.30. The van der Waals surface area contributed by atoms with E-state index in [0.29, 0.717) is 18.2 Å². The number of fused-ring (bicyclic) bond motifs is 2. The molecule has 4 N–H and O–H groups in total. The van der Waals surface area contributed by atoms with E-state index in [1.54, 1.807) is 0 Å². The van der Waals surface area contributed by atoms with Crippen molar-refractivity contribution in [2.75, 3.05) is 6.61 Å². The number of aliphatic hydroxyl groups is 2. The van der Waals surface area contributed by atoms with Crippen LogP contribution >= 0.6 is 0 Å². The van der Waals surface area contributed by atoms with Crippen LogP contribution in [0.4, 0.5) is 0 Å². The van der Waals surface area contributed by atoms with E-state index in [-0.39, 0.29) is 6.61 Å². The van der Waals surface area contributed by atoms with E-state index in [4.69, 9.17) is 10.2 Å². The van der Waals surface area contributed by atoms with Crippen molar-refractivity contribution >= 4 is 0 Å². The average Bonchev–Trinajstić information content (AvgIpc) is 3.35. The standard InChI is InChI=1S/C22H23N3O3/c23-22(12-26)9-8-13-4-5-14(10-15(13)11-22)20-24-25-21(28-20)18-3-1-2-17-16(18)6-7-19(17)27/h1-5,10,19,26-27H,6-9,11-12,23H2. The zero-order chi connectivity index (χ0) is 19.3. The lowest BCUT2D eigenvalue weighted by atomic mass is 9.78. The van der Waals surface area contributed by atoms with Gasteiger partial charge in [0.1, 0.15) is 0 Å². The Labute approximate surface area is 163 Å². The smallest absolute Gasteiger partial charge is 0.248 e. The second-order valence-corrected chi connectivity index (χ2v) is 8.02. The molecule has 2 aliphatic carbocycles. The van der Waals surface area contributed by atoms with Crippen molar-refractivity contribution in [3.8, 4) is 22.9 Å². The van der Waals surface area contributed by atoms with E-state index in [0.717, 1.165) is 53.5 Å². The van der Waals surface area contributed by atoms with Crippen LogP contribution in [-0.2, 0) is 19.3 Å². The van der Waals surface area contributed by atoms with Crippen LogP contribution in [0.5, 0.6) is 0 Å². The number of nitrogens with two attached hydrogens (primary N) is 1. The zero-order valence-electron chi connectivity index (χ0n) is 15.6. The first-order valence-corrected chi connectivity index (χ1v) is 9.72. The fourth-order valence-electron chi connectivity index (χ4n) is 4.44. The summed E-state index contributed by atoms with van der Waals surface area (Å²) in [6.45, 7) is -0.0215. The second kappa shape index (κ2) is 6.51. The molecule has 28 heavy (non-hydrogen) atoms. The molecule has 0 bridgehead atoms. The van der Waals surface area contributed by atoms with Gasteiger partial charge in [0.15, 0.2) is 0 Å². The molecule has 0 radical (unpaired) electrons. The second-order valence-electron chi connectivity index (χ2n) is 8.02. The summed E-state index contributed by atoms with van der Waals surface area (Å²) >= 11 is 0. The molecule has 5 rings (SSSR count). The SMILES string of the molecule is NC1(CO)CCc2ccc(-c3nnc(-c4cccc5c4CCC5O)o3)cc2C1. The molecule has 144 valence electrons. The van der Waals surface area contributed by atoms with Crippen LogP contribution in [0.25, 0.3) is 22.9 Å². The zero-order valence-corrected chi connectivity index (χ0v) is 15.6. The molecule has 0 saturated heterocycles. The first-order valence-electron chi connectivity index (χ1n) is 9.72. The topological polar surface area (TPSA) is 105 Å². The molecule has 0 spiro atoms. The molecule has 0 aliphatic heterocycles. The average molecular weight is 377 g/mol. The van der Waals surface area contributed by atoms with E-state index >= 15 is 0 Å². The highest BCUT2D eigenvalue weighted by atomic mass is 16.4. The maximum absolute atomic E-state index is 10.1. The molecule has 2 unspecified atom stereocenters. The minimum atomic E-state index is -0.558. The molecule has 0 saturated carbocycles. The van der Waals surface area contributed by atoms with Crippen LogP contribution in [0.15, 0.2) is 40.8 Å².